The van der Waals surface area contributed by atoms with Gasteiger partial charge in [0.15, 0.2) is 0 Å². The molecule has 0 radical (unpaired) electrons. The third-order valence-electron chi connectivity index (χ3n) is 0.963. The fourth-order valence-electron chi connectivity index (χ4n) is 0.498. The van der Waals surface area contributed by atoms with Crippen molar-refractivity contribution in [1.29, 1.82) is 0 Å². The van der Waals surface area contributed by atoms with Crippen LogP contribution >= 0.6 is 66.1 Å². The standard InChI is InChI=1S/C6H2Br2ClI/c7-3-1-5(9)6(10)2-4(3)8/h1-2H. The van der Waals surface area contributed by atoms with E-state index in [1.54, 1.807) is 0 Å². The second-order valence-corrected chi connectivity index (χ2v) is 4.96. The summed E-state index contributed by atoms with van der Waals surface area (Å²) in [5.41, 5.74) is 0. The molecule has 0 saturated heterocycles. The van der Waals surface area contributed by atoms with Crippen LogP contribution in [-0.4, -0.2) is 0 Å². The van der Waals surface area contributed by atoms with Crippen LogP contribution in [-0.2, 0) is 0 Å². The summed E-state index contributed by atoms with van der Waals surface area (Å²) in [5, 5.41) is 0.774. The summed E-state index contributed by atoms with van der Waals surface area (Å²) in [5.74, 6) is 0. The van der Waals surface area contributed by atoms with Gasteiger partial charge in [-0.1, -0.05) is 11.6 Å². The minimum absolute atomic E-state index is 0.774. The van der Waals surface area contributed by atoms with Crippen LogP contribution in [0.25, 0.3) is 0 Å². The van der Waals surface area contributed by atoms with Crippen molar-refractivity contribution in [1.82, 2.24) is 0 Å². The summed E-state index contributed by atoms with van der Waals surface area (Å²) in [6.45, 7) is 0. The molecule has 54 valence electrons. The molecule has 10 heavy (non-hydrogen) atoms. The third kappa shape index (κ3) is 2.09. The lowest BCUT2D eigenvalue weighted by Crippen LogP contribution is -1.75. The molecule has 0 bridgehead atoms. The van der Waals surface area contributed by atoms with Crippen molar-refractivity contribution in [2.24, 2.45) is 0 Å². The Kier molecular flexibility index (Phi) is 3.47. The molecule has 0 N–H and O–H groups in total. The van der Waals surface area contributed by atoms with Gasteiger partial charge in [0.2, 0.25) is 0 Å². The third-order valence-corrected chi connectivity index (χ3v) is 4.33. The molecule has 0 aliphatic heterocycles. The fourth-order valence-corrected chi connectivity index (χ4v) is 2.38. The Hall–Kier alpha value is 1.20. The molecular weight excluding hydrogens is 394 g/mol. The van der Waals surface area contributed by atoms with Gasteiger partial charge in [-0.05, 0) is 66.6 Å². The average Bonchev–Trinajstić information content (AvgIpc) is 1.84. The summed E-state index contributed by atoms with van der Waals surface area (Å²) < 4.78 is 3.06. The van der Waals surface area contributed by atoms with Crippen molar-refractivity contribution in [3.05, 3.63) is 29.7 Å². The zero-order valence-corrected chi connectivity index (χ0v) is 10.8. The van der Waals surface area contributed by atoms with E-state index in [9.17, 15) is 0 Å². The highest BCUT2D eigenvalue weighted by Crippen LogP contribution is 2.30. The minimum atomic E-state index is 0.774. The zero-order chi connectivity index (χ0) is 7.72. The van der Waals surface area contributed by atoms with Crippen LogP contribution in [0.5, 0.6) is 0 Å². The molecule has 0 atom stereocenters. The average molecular weight is 396 g/mol. The molecule has 1 aromatic carbocycles. The lowest BCUT2D eigenvalue weighted by atomic mass is 10.4. The molecule has 0 aliphatic rings. The number of benzene rings is 1. The summed E-state index contributed by atoms with van der Waals surface area (Å²) in [6.07, 6.45) is 0. The molecular formula is C6H2Br2ClI. The van der Waals surface area contributed by atoms with Gasteiger partial charge in [0.1, 0.15) is 0 Å². The molecule has 1 rings (SSSR count). The highest BCUT2D eigenvalue weighted by atomic mass is 127. The Bertz CT molecular complexity index is 212. The van der Waals surface area contributed by atoms with Crippen molar-refractivity contribution in [3.8, 4) is 0 Å². The lowest BCUT2D eigenvalue weighted by molar-refractivity contribution is 1.55. The van der Waals surface area contributed by atoms with Crippen LogP contribution in [0.3, 0.4) is 0 Å². The van der Waals surface area contributed by atoms with E-state index in [1.165, 1.54) is 0 Å². The monoisotopic (exact) mass is 394 g/mol. The van der Waals surface area contributed by atoms with Gasteiger partial charge in [-0.25, -0.2) is 0 Å². The lowest BCUT2D eigenvalue weighted by Gasteiger charge is -1.98. The molecule has 0 heterocycles. The Balaban J connectivity index is 3.28. The number of hydrogen-bond donors (Lipinski definition) is 0. The van der Waals surface area contributed by atoms with Crippen molar-refractivity contribution in [2.45, 2.75) is 0 Å². The maximum atomic E-state index is 5.83. The molecule has 1 aromatic rings. The highest BCUT2D eigenvalue weighted by Gasteiger charge is 2.00. The summed E-state index contributed by atoms with van der Waals surface area (Å²) >= 11 is 14.7. The molecule has 0 amide bonds. The molecule has 4 heteroatoms. The Labute approximate surface area is 94.7 Å². The first kappa shape index (κ1) is 9.29. The van der Waals surface area contributed by atoms with Crippen molar-refractivity contribution >= 4 is 66.1 Å². The van der Waals surface area contributed by atoms with E-state index in [0.717, 1.165) is 17.5 Å². The second-order valence-electron chi connectivity index (χ2n) is 1.68. The molecule has 0 nitrogen and oxygen atoms in total. The van der Waals surface area contributed by atoms with Gasteiger partial charge in [0.05, 0.1) is 5.02 Å². The Morgan fingerprint density at radius 1 is 1.20 bits per heavy atom. The van der Waals surface area contributed by atoms with Crippen LogP contribution in [0.15, 0.2) is 21.1 Å². The van der Waals surface area contributed by atoms with E-state index < -0.39 is 0 Å². The first-order valence-electron chi connectivity index (χ1n) is 2.41. The second kappa shape index (κ2) is 3.74. The van der Waals surface area contributed by atoms with E-state index in [0.29, 0.717) is 0 Å². The topological polar surface area (TPSA) is 0 Å². The van der Waals surface area contributed by atoms with Gasteiger partial charge in [0.25, 0.3) is 0 Å². The first-order chi connectivity index (χ1) is 4.61. The van der Waals surface area contributed by atoms with Gasteiger partial charge in [0, 0.05) is 12.5 Å². The smallest absolute Gasteiger partial charge is 0.0551 e. The molecule has 0 aliphatic carbocycles. The maximum Gasteiger partial charge on any atom is 0.0551 e. The predicted molar refractivity (Wildman–Crippen MR) is 59.6 cm³/mol. The summed E-state index contributed by atoms with van der Waals surface area (Å²) in [4.78, 5) is 0. The van der Waals surface area contributed by atoms with E-state index >= 15 is 0 Å². The van der Waals surface area contributed by atoms with E-state index in [4.69, 9.17) is 11.6 Å². The molecule has 0 fully saturated rings. The summed E-state index contributed by atoms with van der Waals surface area (Å²) in [6, 6.07) is 3.83. The molecule has 0 saturated carbocycles. The number of halogens is 4. The molecule has 0 aromatic heterocycles. The Morgan fingerprint density at radius 2 is 1.70 bits per heavy atom. The van der Waals surface area contributed by atoms with Gasteiger partial charge in [-0.3, -0.25) is 0 Å². The minimum Gasteiger partial charge on any atom is -0.0831 e. The van der Waals surface area contributed by atoms with Crippen molar-refractivity contribution in [2.75, 3.05) is 0 Å². The zero-order valence-electron chi connectivity index (χ0n) is 4.67. The van der Waals surface area contributed by atoms with Crippen molar-refractivity contribution < 1.29 is 0 Å². The van der Waals surface area contributed by atoms with Crippen LogP contribution < -0.4 is 0 Å². The summed E-state index contributed by atoms with van der Waals surface area (Å²) in [7, 11) is 0. The van der Waals surface area contributed by atoms with Gasteiger partial charge < -0.3 is 0 Å². The van der Waals surface area contributed by atoms with E-state index in [-0.39, 0.29) is 0 Å². The normalized spacial score (nSPS) is 10.0. The quantitative estimate of drug-likeness (QED) is 0.449. The molecule has 0 spiro atoms. The SMILES string of the molecule is Clc1cc(Br)c(Br)cc1I. The van der Waals surface area contributed by atoms with Crippen LogP contribution in [0.1, 0.15) is 0 Å². The van der Waals surface area contributed by atoms with Crippen molar-refractivity contribution in [3.63, 3.8) is 0 Å². The predicted octanol–water partition coefficient (Wildman–Crippen LogP) is 4.47. The van der Waals surface area contributed by atoms with E-state index in [1.807, 2.05) is 12.1 Å². The number of hydrogen-bond acceptors (Lipinski definition) is 0. The van der Waals surface area contributed by atoms with E-state index in [2.05, 4.69) is 54.5 Å². The van der Waals surface area contributed by atoms with Crippen LogP contribution in [0, 0.1) is 3.57 Å². The van der Waals surface area contributed by atoms with Crippen LogP contribution in [0.2, 0.25) is 5.02 Å². The largest absolute Gasteiger partial charge is 0.0831 e. The van der Waals surface area contributed by atoms with Gasteiger partial charge >= 0.3 is 0 Å². The van der Waals surface area contributed by atoms with Crippen LogP contribution in [0.4, 0.5) is 0 Å². The fraction of sp³-hybridized carbons (Fsp3) is 0. The maximum absolute atomic E-state index is 5.83. The first-order valence-corrected chi connectivity index (χ1v) is 5.45. The van der Waals surface area contributed by atoms with Gasteiger partial charge in [-0.15, -0.1) is 0 Å². The Morgan fingerprint density at radius 3 is 2.20 bits per heavy atom. The highest BCUT2D eigenvalue weighted by molar-refractivity contribution is 14.1. The number of rotatable bonds is 0. The van der Waals surface area contributed by atoms with Gasteiger partial charge in [-0.2, -0.15) is 0 Å². The molecule has 0 unspecified atom stereocenters.